The van der Waals surface area contributed by atoms with E-state index in [1.807, 2.05) is 15.9 Å². The molecule has 0 spiro atoms. The predicted octanol–water partition coefficient (Wildman–Crippen LogP) is 2.73. The number of ether oxygens (including phenoxy) is 3. The Labute approximate surface area is 199 Å². The highest BCUT2D eigenvalue weighted by Crippen LogP contribution is 2.45. The first-order valence-corrected chi connectivity index (χ1v) is 10.7. The number of hydrogen-bond acceptors (Lipinski definition) is 8. The molecule has 34 heavy (non-hydrogen) atoms. The molecule has 3 rings (SSSR count). The molecule has 0 aromatic heterocycles. The smallest absolute Gasteiger partial charge is 0.339 e. The third-order valence-electron chi connectivity index (χ3n) is 5.66. The maximum Gasteiger partial charge on any atom is 0.339 e. The lowest BCUT2D eigenvalue weighted by Crippen LogP contribution is -2.44. The number of hydrogen-bond donors (Lipinski definition) is 0. The molecule has 0 amide bonds. The van der Waals surface area contributed by atoms with Gasteiger partial charge in [-0.25, -0.2) is 14.4 Å². The molecular weight excluding hydrogens is 436 g/mol. The number of esters is 3. The minimum absolute atomic E-state index is 0.321. The number of carbonyl (C=O) groups is 3. The van der Waals surface area contributed by atoms with Crippen LogP contribution in [0.3, 0.4) is 0 Å². The average molecular weight is 465 g/mol. The zero-order valence-electron chi connectivity index (χ0n) is 19.7. The van der Waals surface area contributed by atoms with E-state index < -0.39 is 23.5 Å². The minimum atomic E-state index is -1.66. The lowest BCUT2D eigenvalue weighted by Gasteiger charge is -2.40. The second-order valence-corrected chi connectivity index (χ2v) is 7.75. The fourth-order valence-electron chi connectivity index (χ4n) is 3.88. The minimum Gasteiger partial charge on any atom is -0.466 e. The summed E-state index contributed by atoms with van der Waals surface area (Å²) in [5.41, 5.74) is -0.104. The summed E-state index contributed by atoms with van der Waals surface area (Å²) < 4.78 is 16.1. The Bertz CT molecular complexity index is 1050. The molecule has 2 aromatic rings. The lowest BCUT2D eigenvalue weighted by atomic mass is 9.84. The second kappa shape index (κ2) is 10.7. The Kier molecular flexibility index (Phi) is 7.73. The monoisotopic (exact) mass is 464 g/mol. The van der Waals surface area contributed by atoms with Gasteiger partial charge in [0.25, 0.3) is 0 Å². The van der Waals surface area contributed by atoms with Crippen LogP contribution in [0.2, 0.25) is 0 Å². The van der Waals surface area contributed by atoms with Crippen LogP contribution in [0.4, 0.5) is 0 Å². The van der Waals surface area contributed by atoms with Crippen LogP contribution in [0.1, 0.15) is 15.9 Å². The highest BCUT2D eigenvalue weighted by Gasteiger charge is 2.50. The van der Waals surface area contributed by atoms with Crippen molar-refractivity contribution in [3.8, 4) is 0 Å². The van der Waals surface area contributed by atoms with Crippen molar-refractivity contribution in [3.05, 3.63) is 95.3 Å². The number of rotatable bonds is 5. The first kappa shape index (κ1) is 24.6. The van der Waals surface area contributed by atoms with Crippen molar-refractivity contribution in [3.63, 3.8) is 0 Å². The summed E-state index contributed by atoms with van der Waals surface area (Å²) in [5, 5.41) is 0. The summed E-state index contributed by atoms with van der Waals surface area (Å²) in [5.74, 6) is -1.88. The normalized spacial score (nSPS) is 17.8. The molecule has 2 aromatic carbocycles. The van der Waals surface area contributed by atoms with Crippen molar-refractivity contribution in [2.45, 2.75) is 5.60 Å². The summed E-state index contributed by atoms with van der Waals surface area (Å²) in [6, 6.07) is 17.5. The van der Waals surface area contributed by atoms with Gasteiger partial charge in [-0.3, -0.25) is 0 Å². The summed E-state index contributed by atoms with van der Waals surface area (Å²) in [7, 11) is 6.12. The van der Waals surface area contributed by atoms with E-state index in [-0.39, 0.29) is 0 Å². The van der Waals surface area contributed by atoms with Crippen molar-refractivity contribution in [2.75, 3.05) is 41.4 Å². The molecule has 0 aliphatic carbocycles. The van der Waals surface area contributed by atoms with Crippen LogP contribution in [0.5, 0.6) is 0 Å². The number of likely N-dealkylation sites (N-methyl/N-ethyl adjacent to an activating group) is 2. The highest BCUT2D eigenvalue weighted by molar-refractivity contribution is 5.91. The fourth-order valence-corrected chi connectivity index (χ4v) is 3.88. The fraction of sp³-hybridized carbons (Fsp3) is 0.269. The predicted molar refractivity (Wildman–Crippen MR) is 125 cm³/mol. The molecule has 1 aliphatic heterocycles. The van der Waals surface area contributed by atoms with E-state index in [0.29, 0.717) is 35.6 Å². The summed E-state index contributed by atoms with van der Waals surface area (Å²) in [6.07, 6.45) is 2.57. The Balaban J connectivity index is 2.40. The van der Waals surface area contributed by atoms with E-state index in [1.165, 1.54) is 26.4 Å². The van der Waals surface area contributed by atoms with Crippen LogP contribution >= 0.6 is 0 Å². The van der Waals surface area contributed by atoms with Crippen LogP contribution < -0.4 is 0 Å². The van der Waals surface area contributed by atoms with Crippen molar-refractivity contribution >= 4 is 17.9 Å². The van der Waals surface area contributed by atoms with E-state index in [2.05, 4.69) is 0 Å². The van der Waals surface area contributed by atoms with E-state index in [0.717, 1.165) is 0 Å². The van der Waals surface area contributed by atoms with Gasteiger partial charge in [-0.15, -0.1) is 0 Å². The highest BCUT2D eigenvalue weighted by atomic mass is 16.6. The molecule has 1 saturated heterocycles. The Morgan fingerprint density at radius 2 is 1.21 bits per heavy atom. The largest absolute Gasteiger partial charge is 0.466 e. The van der Waals surface area contributed by atoms with Gasteiger partial charge in [-0.1, -0.05) is 48.5 Å². The number of benzene rings is 2. The Morgan fingerprint density at radius 3 is 1.65 bits per heavy atom. The number of methoxy groups -OCH3 is 2. The van der Waals surface area contributed by atoms with Gasteiger partial charge in [0.1, 0.15) is 0 Å². The van der Waals surface area contributed by atoms with Crippen molar-refractivity contribution in [1.29, 1.82) is 0 Å². The van der Waals surface area contributed by atoms with Crippen molar-refractivity contribution in [2.24, 2.45) is 0 Å². The SMILES string of the molecule is COC(=O)/C=C1\N(C)CCN(C)/C(=C\C(=O)OC)C1(OC(=O)c1ccccc1)c1ccccc1. The zero-order valence-corrected chi connectivity index (χ0v) is 19.7. The molecule has 0 bridgehead atoms. The van der Waals surface area contributed by atoms with Gasteiger partial charge in [0, 0.05) is 44.9 Å². The molecule has 0 saturated carbocycles. The van der Waals surface area contributed by atoms with Gasteiger partial charge in [0.05, 0.1) is 31.2 Å². The van der Waals surface area contributed by atoms with E-state index in [4.69, 9.17) is 14.2 Å². The topological polar surface area (TPSA) is 85.4 Å². The van der Waals surface area contributed by atoms with Gasteiger partial charge >= 0.3 is 17.9 Å². The van der Waals surface area contributed by atoms with Gasteiger partial charge in [-0.2, -0.15) is 0 Å². The third-order valence-corrected chi connectivity index (χ3v) is 5.66. The molecule has 178 valence electrons. The van der Waals surface area contributed by atoms with Crippen LogP contribution in [0.15, 0.2) is 84.2 Å². The molecule has 8 nitrogen and oxygen atoms in total. The van der Waals surface area contributed by atoms with Crippen molar-refractivity contribution < 1.29 is 28.6 Å². The number of carbonyl (C=O) groups excluding carboxylic acids is 3. The first-order valence-electron chi connectivity index (χ1n) is 10.7. The standard InChI is InChI=1S/C26H28N2O6/c1-27-15-16-28(2)22(18-24(30)33-4)26(20-13-9-6-10-14-20,21(27)17-23(29)32-3)34-25(31)19-11-7-5-8-12-19/h5-14,17-18H,15-16H2,1-4H3/b21-17-,22-18-. The van der Waals surface area contributed by atoms with Gasteiger partial charge in [0.15, 0.2) is 0 Å². The van der Waals surface area contributed by atoms with Crippen LogP contribution in [0, 0.1) is 0 Å². The molecule has 0 radical (unpaired) electrons. The van der Waals surface area contributed by atoms with E-state index in [1.54, 1.807) is 68.7 Å². The maximum atomic E-state index is 13.5. The van der Waals surface area contributed by atoms with Crippen LogP contribution in [-0.4, -0.2) is 69.1 Å². The van der Waals surface area contributed by atoms with Gasteiger partial charge in [0.2, 0.25) is 5.60 Å². The Morgan fingerprint density at radius 1 is 0.765 bits per heavy atom. The second-order valence-electron chi connectivity index (χ2n) is 7.75. The summed E-state index contributed by atoms with van der Waals surface area (Å²) >= 11 is 0. The van der Waals surface area contributed by atoms with Gasteiger partial charge in [-0.05, 0) is 12.1 Å². The molecule has 1 heterocycles. The molecule has 1 fully saturated rings. The molecule has 0 atom stereocenters. The zero-order chi connectivity index (χ0) is 24.7. The summed E-state index contributed by atoms with van der Waals surface area (Å²) in [6.45, 7) is 0.963. The van der Waals surface area contributed by atoms with E-state index >= 15 is 0 Å². The Hall–Kier alpha value is -4.07. The third kappa shape index (κ3) is 4.96. The van der Waals surface area contributed by atoms with Crippen molar-refractivity contribution in [1.82, 2.24) is 9.80 Å². The average Bonchev–Trinajstić information content (AvgIpc) is 2.96. The molecule has 8 heteroatoms. The first-order chi connectivity index (χ1) is 16.3. The molecular formula is C26H28N2O6. The number of nitrogens with zero attached hydrogens (tertiary/aromatic N) is 2. The van der Waals surface area contributed by atoms with E-state index in [9.17, 15) is 14.4 Å². The van der Waals surface area contributed by atoms with Crippen LogP contribution in [0.25, 0.3) is 0 Å². The van der Waals surface area contributed by atoms with Crippen LogP contribution in [-0.2, 0) is 29.4 Å². The summed E-state index contributed by atoms with van der Waals surface area (Å²) in [4.78, 5) is 42.1. The molecule has 0 unspecified atom stereocenters. The maximum absolute atomic E-state index is 13.5. The lowest BCUT2D eigenvalue weighted by molar-refractivity contribution is -0.135. The van der Waals surface area contributed by atoms with Gasteiger partial charge < -0.3 is 24.0 Å². The quantitative estimate of drug-likeness (QED) is 0.379. The molecule has 1 aliphatic rings. The molecule has 0 N–H and O–H groups in total.